The standard InChI is InChI=1S/C18H21N3OS/c1-12-6-7-16-14(9-12)15(10-18(2,3)22-16)21-17(23)20-13-5-4-8-19-11-13/h4-9,11,15H,10H2,1-3H3,(H2,20,21,23). The first-order chi connectivity index (χ1) is 10.9. The molecule has 0 radical (unpaired) electrons. The number of thiocarbonyl (C=S) groups is 1. The fourth-order valence-electron chi connectivity index (χ4n) is 2.86. The third kappa shape index (κ3) is 3.79. The molecule has 1 aromatic heterocycles. The van der Waals surface area contributed by atoms with Crippen molar-refractivity contribution in [2.45, 2.75) is 38.8 Å². The minimum Gasteiger partial charge on any atom is -0.487 e. The topological polar surface area (TPSA) is 46.2 Å². The van der Waals surface area contributed by atoms with Crippen molar-refractivity contribution in [2.75, 3.05) is 5.32 Å². The lowest BCUT2D eigenvalue weighted by atomic mass is 9.89. The van der Waals surface area contributed by atoms with Gasteiger partial charge in [0.05, 0.1) is 17.9 Å². The van der Waals surface area contributed by atoms with E-state index in [4.69, 9.17) is 17.0 Å². The number of hydrogen-bond acceptors (Lipinski definition) is 3. The number of anilines is 1. The number of rotatable bonds is 2. The summed E-state index contributed by atoms with van der Waals surface area (Å²) in [4.78, 5) is 4.09. The molecule has 0 fully saturated rings. The molecule has 0 amide bonds. The zero-order valence-electron chi connectivity index (χ0n) is 13.6. The summed E-state index contributed by atoms with van der Waals surface area (Å²) in [6, 6.07) is 10.2. The second kappa shape index (κ2) is 6.16. The smallest absolute Gasteiger partial charge is 0.171 e. The number of aromatic nitrogens is 1. The Morgan fingerprint density at radius 2 is 2.17 bits per heavy atom. The summed E-state index contributed by atoms with van der Waals surface area (Å²) in [6.07, 6.45) is 4.33. The molecule has 1 aliphatic heterocycles. The Bertz CT molecular complexity index is 715. The van der Waals surface area contributed by atoms with E-state index in [2.05, 4.69) is 48.5 Å². The largest absolute Gasteiger partial charge is 0.487 e. The van der Waals surface area contributed by atoms with Crippen LogP contribution in [0.2, 0.25) is 0 Å². The molecule has 0 saturated carbocycles. The summed E-state index contributed by atoms with van der Waals surface area (Å²) < 4.78 is 6.09. The summed E-state index contributed by atoms with van der Waals surface area (Å²) in [6.45, 7) is 6.29. The van der Waals surface area contributed by atoms with Crippen molar-refractivity contribution >= 4 is 23.0 Å². The molecule has 2 heterocycles. The van der Waals surface area contributed by atoms with Gasteiger partial charge in [-0.2, -0.15) is 0 Å². The van der Waals surface area contributed by atoms with Crippen LogP contribution in [0.25, 0.3) is 0 Å². The average Bonchev–Trinajstić information content (AvgIpc) is 2.48. The van der Waals surface area contributed by atoms with Crippen molar-refractivity contribution in [1.82, 2.24) is 10.3 Å². The van der Waals surface area contributed by atoms with Crippen molar-refractivity contribution in [1.29, 1.82) is 0 Å². The first-order valence-electron chi connectivity index (χ1n) is 7.70. The van der Waals surface area contributed by atoms with Crippen LogP contribution in [-0.2, 0) is 0 Å². The Morgan fingerprint density at radius 1 is 1.35 bits per heavy atom. The Hall–Kier alpha value is -2.14. The fraction of sp³-hybridized carbons (Fsp3) is 0.333. The van der Waals surface area contributed by atoms with Crippen LogP contribution < -0.4 is 15.4 Å². The summed E-state index contributed by atoms with van der Waals surface area (Å²) in [5, 5.41) is 7.19. The van der Waals surface area contributed by atoms with Crippen molar-refractivity contribution in [3.63, 3.8) is 0 Å². The highest BCUT2D eigenvalue weighted by atomic mass is 32.1. The number of hydrogen-bond donors (Lipinski definition) is 2. The molecule has 120 valence electrons. The Morgan fingerprint density at radius 3 is 2.91 bits per heavy atom. The first kappa shape index (κ1) is 15.7. The average molecular weight is 327 g/mol. The van der Waals surface area contributed by atoms with E-state index in [-0.39, 0.29) is 11.6 Å². The number of nitrogens with zero attached hydrogens (tertiary/aromatic N) is 1. The van der Waals surface area contributed by atoms with Crippen LogP contribution in [0.5, 0.6) is 5.75 Å². The number of ether oxygens (including phenoxy) is 1. The van der Waals surface area contributed by atoms with Gasteiger partial charge in [-0.05, 0) is 51.2 Å². The summed E-state index contributed by atoms with van der Waals surface area (Å²) in [5.41, 5.74) is 3.01. The van der Waals surface area contributed by atoms with E-state index in [1.54, 1.807) is 12.4 Å². The summed E-state index contributed by atoms with van der Waals surface area (Å²) >= 11 is 5.46. The van der Waals surface area contributed by atoms with E-state index in [1.807, 2.05) is 18.2 Å². The predicted molar refractivity (Wildman–Crippen MR) is 96.8 cm³/mol. The summed E-state index contributed by atoms with van der Waals surface area (Å²) in [7, 11) is 0. The lowest BCUT2D eigenvalue weighted by Gasteiger charge is -2.38. The van der Waals surface area contributed by atoms with Crippen LogP contribution in [0.3, 0.4) is 0 Å². The van der Waals surface area contributed by atoms with E-state index in [9.17, 15) is 0 Å². The minimum atomic E-state index is -0.232. The molecule has 23 heavy (non-hydrogen) atoms. The molecule has 3 rings (SSSR count). The molecule has 1 aliphatic rings. The second-order valence-electron chi connectivity index (χ2n) is 6.50. The maximum Gasteiger partial charge on any atom is 0.171 e. The molecule has 2 N–H and O–H groups in total. The molecule has 0 aliphatic carbocycles. The Labute approximate surface area is 142 Å². The van der Waals surface area contributed by atoms with Gasteiger partial charge < -0.3 is 15.4 Å². The quantitative estimate of drug-likeness (QED) is 0.817. The first-order valence-corrected chi connectivity index (χ1v) is 8.11. The lowest BCUT2D eigenvalue weighted by molar-refractivity contribution is 0.0696. The molecule has 0 bridgehead atoms. The normalized spacial score (nSPS) is 18.5. The highest BCUT2D eigenvalue weighted by Crippen LogP contribution is 2.39. The van der Waals surface area contributed by atoms with Gasteiger partial charge in [-0.1, -0.05) is 17.7 Å². The van der Waals surface area contributed by atoms with Gasteiger partial charge in [0, 0.05) is 18.2 Å². The Kier molecular flexibility index (Phi) is 4.22. The lowest BCUT2D eigenvalue weighted by Crippen LogP contribution is -2.42. The summed E-state index contributed by atoms with van der Waals surface area (Å²) in [5.74, 6) is 0.925. The Balaban J connectivity index is 1.79. The minimum absolute atomic E-state index is 0.116. The zero-order chi connectivity index (χ0) is 16.4. The van der Waals surface area contributed by atoms with E-state index < -0.39 is 0 Å². The molecular weight excluding hydrogens is 306 g/mol. The molecular formula is C18H21N3OS. The molecule has 2 aromatic rings. The van der Waals surface area contributed by atoms with Gasteiger partial charge in [-0.3, -0.25) is 4.98 Å². The number of pyridine rings is 1. The molecule has 1 atom stereocenters. The third-order valence-corrected chi connectivity index (χ3v) is 4.07. The van der Waals surface area contributed by atoms with E-state index in [0.717, 1.165) is 23.4 Å². The van der Waals surface area contributed by atoms with Gasteiger partial charge in [0.25, 0.3) is 0 Å². The molecule has 1 unspecified atom stereocenters. The van der Waals surface area contributed by atoms with Crippen LogP contribution in [0.1, 0.15) is 37.4 Å². The zero-order valence-corrected chi connectivity index (χ0v) is 14.4. The maximum absolute atomic E-state index is 6.09. The predicted octanol–water partition coefficient (Wildman–Crippen LogP) is 3.98. The molecule has 1 aromatic carbocycles. The highest BCUT2D eigenvalue weighted by molar-refractivity contribution is 7.80. The van der Waals surface area contributed by atoms with Crippen molar-refractivity contribution in [2.24, 2.45) is 0 Å². The number of aryl methyl sites for hydroxylation is 1. The van der Waals surface area contributed by atoms with Crippen LogP contribution >= 0.6 is 12.2 Å². The van der Waals surface area contributed by atoms with Gasteiger partial charge in [0.1, 0.15) is 11.4 Å². The van der Waals surface area contributed by atoms with Crippen LogP contribution in [0.4, 0.5) is 5.69 Å². The van der Waals surface area contributed by atoms with Gasteiger partial charge in [-0.15, -0.1) is 0 Å². The number of fused-ring (bicyclic) bond motifs is 1. The third-order valence-electron chi connectivity index (χ3n) is 3.85. The highest BCUT2D eigenvalue weighted by Gasteiger charge is 2.34. The van der Waals surface area contributed by atoms with Gasteiger partial charge >= 0.3 is 0 Å². The molecule has 0 saturated heterocycles. The maximum atomic E-state index is 6.09. The van der Waals surface area contributed by atoms with E-state index in [1.165, 1.54) is 5.56 Å². The van der Waals surface area contributed by atoms with Crippen molar-refractivity contribution < 1.29 is 4.74 Å². The molecule has 5 heteroatoms. The van der Waals surface area contributed by atoms with Crippen LogP contribution in [0.15, 0.2) is 42.7 Å². The van der Waals surface area contributed by atoms with Gasteiger partial charge in [0.2, 0.25) is 0 Å². The number of benzene rings is 1. The van der Waals surface area contributed by atoms with Crippen LogP contribution in [0, 0.1) is 6.92 Å². The van der Waals surface area contributed by atoms with Gasteiger partial charge in [0.15, 0.2) is 5.11 Å². The van der Waals surface area contributed by atoms with E-state index in [0.29, 0.717) is 5.11 Å². The fourth-order valence-corrected chi connectivity index (χ4v) is 3.13. The van der Waals surface area contributed by atoms with Crippen LogP contribution in [-0.4, -0.2) is 15.7 Å². The van der Waals surface area contributed by atoms with E-state index >= 15 is 0 Å². The van der Waals surface area contributed by atoms with Crippen molar-refractivity contribution in [3.8, 4) is 5.75 Å². The molecule has 4 nitrogen and oxygen atoms in total. The SMILES string of the molecule is Cc1ccc2c(c1)C(NC(=S)Nc1cccnc1)CC(C)(C)O2. The van der Waals surface area contributed by atoms with Crippen molar-refractivity contribution in [3.05, 3.63) is 53.9 Å². The number of nitrogens with one attached hydrogen (secondary N) is 2. The molecule has 0 spiro atoms. The van der Waals surface area contributed by atoms with Gasteiger partial charge in [-0.25, -0.2) is 0 Å². The monoisotopic (exact) mass is 327 g/mol. The second-order valence-corrected chi connectivity index (χ2v) is 6.91.